The Hall–Kier alpha value is -0.610. The summed E-state index contributed by atoms with van der Waals surface area (Å²) in [4.78, 5) is 13.8. The lowest BCUT2D eigenvalue weighted by atomic mass is 9.92. The van der Waals surface area contributed by atoms with Gasteiger partial charge in [0, 0.05) is 13.1 Å². The first-order valence-corrected chi connectivity index (χ1v) is 6.15. The summed E-state index contributed by atoms with van der Waals surface area (Å²) < 4.78 is 0. The minimum atomic E-state index is -0.791. The first-order chi connectivity index (χ1) is 7.33. The molecule has 4 N–H and O–H groups in total. The molecule has 1 amide bonds. The zero-order valence-electron chi connectivity index (χ0n) is 10.3. The quantitative estimate of drug-likeness (QED) is 0.723. The van der Waals surface area contributed by atoms with Gasteiger partial charge in [0.2, 0.25) is 5.91 Å². The van der Waals surface area contributed by atoms with Gasteiger partial charge in [-0.05, 0) is 37.1 Å². The molecule has 92 valence electrons. The standard InChI is InChI=1S/C12H23N3O/c1-11(2)5-6-15(7-11)8-12(14,10(13)16)9-3-4-9/h9H,3-8,14H2,1-2H3,(H2,13,16). The van der Waals surface area contributed by atoms with Gasteiger partial charge >= 0.3 is 0 Å². The Morgan fingerprint density at radius 3 is 2.50 bits per heavy atom. The maximum absolute atomic E-state index is 11.5. The van der Waals surface area contributed by atoms with Gasteiger partial charge in [-0.25, -0.2) is 0 Å². The van der Waals surface area contributed by atoms with Crippen LogP contribution >= 0.6 is 0 Å². The molecular formula is C12H23N3O. The van der Waals surface area contributed by atoms with Crippen molar-refractivity contribution in [2.24, 2.45) is 22.8 Å². The van der Waals surface area contributed by atoms with Crippen LogP contribution in [0.15, 0.2) is 0 Å². The van der Waals surface area contributed by atoms with Gasteiger partial charge in [0.15, 0.2) is 0 Å². The van der Waals surface area contributed by atoms with Crippen molar-refractivity contribution in [1.29, 1.82) is 0 Å². The molecule has 0 spiro atoms. The molecule has 1 unspecified atom stereocenters. The number of nitrogens with two attached hydrogens (primary N) is 2. The van der Waals surface area contributed by atoms with Crippen molar-refractivity contribution in [2.75, 3.05) is 19.6 Å². The van der Waals surface area contributed by atoms with Crippen LogP contribution in [0.1, 0.15) is 33.1 Å². The van der Waals surface area contributed by atoms with Gasteiger partial charge in [-0.3, -0.25) is 4.79 Å². The van der Waals surface area contributed by atoms with Gasteiger partial charge in [0.25, 0.3) is 0 Å². The fraction of sp³-hybridized carbons (Fsp3) is 0.917. The van der Waals surface area contributed by atoms with Gasteiger partial charge in [-0.15, -0.1) is 0 Å². The van der Waals surface area contributed by atoms with E-state index < -0.39 is 5.54 Å². The summed E-state index contributed by atoms with van der Waals surface area (Å²) in [6.07, 6.45) is 3.28. The summed E-state index contributed by atoms with van der Waals surface area (Å²) in [5, 5.41) is 0. The molecule has 1 saturated heterocycles. The lowest BCUT2D eigenvalue weighted by Crippen LogP contribution is -2.60. The molecule has 1 heterocycles. The summed E-state index contributed by atoms with van der Waals surface area (Å²) in [5.41, 5.74) is 11.2. The number of hydrogen-bond donors (Lipinski definition) is 2. The largest absolute Gasteiger partial charge is 0.368 e. The van der Waals surface area contributed by atoms with Gasteiger partial charge in [-0.1, -0.05) is 13.8 Å². The molecule has 0 aromatic heterocycles. The minimum absolute atomic E-state index is 0.314. The summed E-state index contributed by atoms with van der Waals surface area (Å²) >= 11 is 0. The normalized spacial score (nSPS) is 28.9. The Labute approximate surface area is 97.3 Å². The molecule has 2 aliphatic rings. The van der Waals surface area contributed by atoms with Gasteiger partial charge < -0.3 is 16.4 Å². The number of likely N-dealkylation sites (tertiary alicyclic amines) is 1. The van der Waals surface area contributed by atoms with Crippen LogP contribution in [0.4, 0.5) is 0 Å². The second-order valence-corrected chi connectivity index (χ2v) is 6.30. The molecule has 0 bridgehead atoms. The van der Waals surface area contributed by atoms with Crippen molar-refractivity contribution >= 4 is 5.91 Å². The van der Waals surface area contributed by atoms with Crippen LogP contribution in [0.25, 0.3) is 0 Å². The smallest absolute Gasteiger partial charge is 0.239 e. The van der Waals surface area contributed by atoms with E-state index in [-0.39, 0.29) is 5.91 Å². The highest BCUT2D eigenvalue weighted by molar-refractivity contribution is 5.85. The number of amides is 1. The zero-order chi connectivity index (χ0) is 12.0. The van der Waals surface area contributed by atoms with Crippen molar-refractivity contribution < 1.29 is 4.79 Å². The lowest BCUT2D eigenvalue weighted by molar-refractivity contribution is -0.124. The Morgan fingerprint density at radius 2 is 2.12 bits per heavy atom. The summed E-state index contributed by atoms with van der Waals surface area (Å²) in [5.74, 6) is -0.0200. The number of primary amides is 1. The number of carbonyl (C=O) groups excluding carboxylic acids is 1. The highest BCUT2D eigenvalue weighted by atomic mass is 16.1. The van der Waals surface area contributed by atoms with Crippen molar-refractivity contribution in [2.45, 2.75) is 38.6 Å². The van der Waals surface area contributed by atoms with E-state index >= 15 is 0 Å². The minimum Gasteiger partial charge on any atom is -0.368 e. The first-order valence-electron chi connectivity index (χ1n) is 6.15. The van der Waals surface area contributed by atoms with E-state index in [1.165, 1.54) is 6.42 Å². The van der Waals surface area contributed by atoms with Crippen molar-refractivity contribution in [3.05, 3.63) is 0 Å². The molecule has 4 nitrogen and oxygen atoms in total. The molecule has 0 aromatic rings. The molecule has 1 saturated carbocycles. The molecule has 1 atom stereocenters. The molecule has 0 aromatic carbocycles. The third-order valence-electron chi connectivity index (χ3n) is 4.01. The van der Waals surface area contributed by atoms with E-state index in [9.17, 15) is 4.79 Å². The van der Waals surface area contributed by atoms with Crippen LogP contribution in [-0.2, 0) is 4.79 Å². The van der Waals surface area contributed by atoms with Crippen LogP contribution in [0.5, 0.6) is 0 Å². The molecular weight excluding hydrogens is 202 g/mol. The second-order valence-electron chi connectivity index (χ2n) is 6.30. The average molecular weight is 225 g/mol. The maximum atomic E-state index is 11.5. The zero-order valence-corrected chi connectivity index (χ0v) is 10.3. The fourth-order valence-electron chi connectivity index (χ4n) is 2.74. The van der Waals surface area contributed by atoms with Crippen molar-refractivity contribution in [1.82, 2.24) is 4.90 Å². The summed E-state index contributed by atoms with van der Waals surface area (Å²) in [7, 11) is 0. The third-order valence-corrected chi connectivity index (χ3v) is 4.01. The SMILES string of the molecule is CC1(C)CCN(CC(N)(C(N)=O)C2CC2)C1. The van der Waals surface area contributed by atoms with E-state index in [2.05, 4.69) is 18.7 Å². The van der Waals surface area contributed by atoms with Crippen LogP contribution < -0.4 is 11.5 Å². The summed E-state index contributed by atoms with van der Waals surface area (Å²) in [6.45, 7) is 7.20. The van der Waals surface area contributed by atoms with Crippen molar-refractivity contribution in [3.63, 3.8) is 0 Å². The van der Waals surface area contributed by atoms with Gasteiger partial charge in [0.05, 0.1) is 0 Å². The van der Waals surface area contributed by atoms with E-state index in [0.717, 1.165) is 25.9 Å². The van der Waals surface area contributed by atoms with Gasteiger partial charge in [0.1, 0.15) is 5.54 Å². The molecule has 2 fully saturated rings. The average Bonchev–Trinajstić information content (AvgIpc) is 2.93. The number of carbonyl (C=O) groups is 1. The fourth-order valence-corrected chi connectivity index (χ4v) is 2.74. The highest BCUT2D eigenvalue weighted by Crippen LogP contribution is 2.40. The van der Waals surface area contributed by atoms with Crippen LogP contribution in [0.2, 0.25) is 0 Å². The topological polar surface area (TPSA) is 72.3 Å². The molecule has 0 radical (unpaired) electrons. The summed E-state index contributed by atoms with van der Waals surface area (Å²) in [6, 6.07) is 0. The van der Waals surface area contributed by atoms with E-state index in [0.29, 0.717) is 17.9 Å². The number of nitrogens with zero attached hydrogens (tertiary/aromatic N) is 1. The Bertz CT molecular complexity index is 299. The highest BCUT2D eigenvalue weighted by Gasteiger charge is 2.48. The molecule has 1 aliphatic carbocycles. The second kappa shape index (κ2) is 3.70. The Balaban J connectivity index is 1.99. The first kappa shape index (κ1) is 11.9. The van der Waals surface area contributed by atoms with Crippen LogP contribution in [0, 0.1) is 11.3 Å². The predicted octanol–water partition coefficient (Wildman–Crippen LogP) is 0.311. The van der Waals surface area contributed by atoms with E-state index in [1.54, 1.807) is 0 Å². The van der Waals surface area contributed by atoms with Crippen LogP contribution in [0.3, 0.4) is 0 Å². The van der Waals surface area contributed by atoms with Crippen LogP contribution in [-0.4, -0.2) is 36.0 Å². The maximum Gasteiger partial charge on any atom is 0.239 e. The number of hydrogen-bond acceptors (Lipinski definition) is 3. The molecule has 16 heavy (non-hydrogen) atoms. The lowest BCUT2D eigenvalue weighted by Gasteiger charge is -2.31. The molecule has 4 heteroatoms. The van der Waals surface area contributed by atoms with Gasteiger partial charge in [-0.2, -0.15) is 0 Å². The molecule has 2 rings (SSSR count). The predicted molar refractivity (Wildman–Crippen MR) is 63.7 cm³/mol. The Kier molecular flexibility index (Phi) is 2.75. The third kappa shape index (κ3) is 2.23. The van der Waals surface area contributed by atoms with Crippen molar-refractivity contribution in [3.8, 4) is 0 Å². The van der Waals surface area contributed by atoms with E-state index in [1.807, 2.05) is 0 Å². The number of rotatable bonds is 4. The monoisotopic (exact) mass is 225 g/mol. The Morgan fingerprint density at radius 1 is 1.50 bits per heavy atom. The molecule has 1 aliphatic heterocycles. The van der Waals surface area contributed by atoms with E-state index in [4.69, 9.17) is 11.5 Å².